The van der Waals surface area contributed by atoms with Crippen molar-refractivity contribution in [2.75, 3.05) is 12.4 Å². The lowest BCUT2D eigenvalue weighted by molar-refractivity contribution is 0.295. The van der Waals surface area contributed by atoms with Crippen molar-refractivity contribution >= 4 is 21.4 Å². The smallest absolute Gasteiger partial charge is 0.178 e. The number of hydrogen-bond donors (Lipinski definition) is 2. The lowest BCUT2D eigenvalue weighted by Crippen LogP contribution is -2.08. The molecule has 3 aromatic rings. The number of aromatic amines is 1. The van der Waals surface area contributed by atoms with Crippen molar-refractivity contribution in [1.82, 2.24) is 10.2 Å². The molecule has 0 aliphatic heterocycles. The molecule has 0 amide bonds. The van der Waals surface area contributed by atoms with Crippen LogP contribution in [0.3, 0.4) is 0 Å². The van der Waals surface area contributed by atoms with Crippen LogP contribution < -0.4 is 0 Å². The fourth-order valence-electron chi connectivity index (χ4n) is 2.61. The van der Waals surface area contributed by atoms with Gasteiger partial charge in [0.05, 0.1) is 16.3 Å². The van der Waals surface area contributed by atoms with Crippen molar-refractivity contribution in [3.05, 3.63) is 59.5 Å². The lowest BCUT2D eigenvalue weighted by Gasteiger charge is -2.07. The van der Waals surface area contributed by atoms with Crippen molar-refractivity contribution in [2.45, 2.75) is 11.3 Å². The number of sulfone groups is 1. The number of nitrogens with zero attached hydrogens (tertiary/aromatic N) is 1. The zero-order valence-electron chi connectivity index (χ0n) is 13.6. The molecule has 0 aliphatic rings. The third-order valence-electron chi connectivity index (χ3n) is 3.93. The molecule has 3 rings (SSSR count). The molecule has 0 unspecified atom stereocenters. The zero-order chi connectivity index (χ0) is 18.7. The standard InChI is InChI=1S/C18H16ClFN2O3S/c19-18-16(12-2-6-14(20)7-3-12)17(21-22-18)13-4-8-15(9-5-13)26(24,25)11-1-10-23/h2-9,23H,1,10-11H2,(H,21,22). The van der Waals surface area contributed by atoms with Crippen molar-refractivity contribution < 1.29 is 17.9 Å². The fourth-order valence-corrected chi connectivity index (χ4v) is 4.15. The summed E-state index contributed by atoms with van der Waals surface area (Å²) in [5, 5.41) is 15.9. The maximum Gasteiger partial charge on any atom is 0.178 e. The van der Waals surface area contributed by atoms with Crippen LogP contribution in [0.15, 0.2) is 53.4 Å². The van der Waals surface area contributed by atoms with E-state index in [0.717, 1.165) is 0 Å². The zero-order valence-corrected chi connectivity index (χ0v) is 15.2. The van der Waals surface area contributed by atoms with E-state index >= 15 is 0 Å². The predicted octanol–water partition coefficient (Wildman–Crippen LogP) is 3.69. The number of H-pyrrole nitrogens is 1. The first-order valence-electron chi connectivity index (χ1n) is 7.86. The summed E-state index contributed by atoms with van der Waals surface area (Å²) in [7, 11) is -3.44. The molecule has 0 spiro atoms. The van der Waals surface area contributed by atoms with Crippen LogP contribution in [0.1, 0.15) is 6.42 Å². The molecule has 0 bridgehead atoms. The highest BCUT2D eigenvalue weighted by molar-refractivity contribution is 7.91. The van der Waals surface area contributed by atoms with Gasteiger partial charge in [-0.3, -0.25) is 5.10 Å². The molecular formula is C18H16ClFN2O3S. The van der Waals surface area contributed by atoms with Crippen LogP contribution in [-0.4, -0.2) is 36.1 Å². The molecule has 2 aromatic carbocycles. The van der Waals surface area contributed by atoms with Gasteiger partial charge in [0.1, 0.15) is 5.82 Å². The molecule has 0 aliphatic carbocycles. The largest absolute Gasteiger partial charge is 0.396 e. The summed E-state index contributed by atoms with van der Waals surface area (Å²) in [6.45, 7) is -0.176. The summed E-state index contributed by atoms with van der Waals surface area (Å²) in [5.74, 6) is -0.466. The summed E-state index contributed by atoms with van der Waals surface area (Å²) in [6, 6.07) is 12.2. The van der Waals surface area contributed by atoms with Crippen molar-refractivity contribution in [3.8, 4) is 22.4 Å². The van der Waals surface area contributed by atoms with E-state index in [2.05, 4.69) is 10.2 Å². The van der Waals surface area contributed by atoms with E-state index in [9.17, 15) is 12.8 Å². The summed E-state index contributed by atoms with van der Waals surface area (Å²) >= 11 is 6.17. The van der Waals surface area contributed by atoms with E-state index in [0.29, 0.717) is 22.4 Å². The minimum atomic E-state index is -3.44. The molecule has 2 N–H and O–H groups in total. The van der Waals surface area contributed by atoms with Gasteiger partial charge in [-0.25, -0.2) is 12.8 Å². The average molecular weight is 395 g/mol. The van der Waals surface area contributed by atoms with Gasteiger partial charge < -0.3 is 5.11 Å². The quantitative estimate of drug-likeness (QED) is 0.667. The second-order valence-electron chi connectivity index (χ2n) is 5.69. The number of aromatic nitrogens is 2. The van der Waals surface area contributed by atoms with Crippen LogP contribution in [-0.2, 0) is 9.84 Å². The van der Waals surface area contributed by atoms with Gasteiger partial charge in [0.15, 0.2) is 15.0 Å². The number of aliphatic hydroxyl groups excluding tert-OH is 1. The summed E-state index contributed by atoms with van der Waals surface area (Å²) in [5.41, 5.74) is 2.62. The maximum atomic E-state index is 13.2. The Balaban J connectivity index is 1.97. The molecule has 8 heteroatoms. The molecule has 136 valence electrons. The van der Waals surface area contributed by atoms with E-state index in [1.807, 2.05) is 0 Å². The highest BCUT2D eigenvalue weighted by Crippen LogP contribution is 2.36. The Labute approximate surface area is 155 Å². The number of halogens is 2. The minimum absolute atomic E-state index is 0.112. The second-order valence-corrected chi connectivity index (χ2v) is 8.16. The monoisotopic (exact) mass is 394 g/mol. The van der Waals surface area contributed by atoms with Gasteiger partial charge in [-0.1, -0.05) is 35.9 Å². The van der Waals surface area contributed by atoms with Crippen molar-refractivity contribution in [2.24, 2.45) is 0 Å². The van der Waals surface area contributed by atoms with Gasteiger partial charge in [-0.15, -0.1) is 0 Å². The second kappa shape index (κ2) is 7.57. The van der Waals surface area contributed by atoms with Crippen LogP contribution >= 0.6 is 11.6 Å². The Morgan fingerprint density at radius 1 is 1.04 bits per heavy atom. The number of benzene rings is 2. The van der Waals surface area contributed by atoms with Crippen molar-refractivity contribution in [3.63, 3.8) is 0 Å². The summed E-state index contributed by atoms with van der Waals surface area (Å²) < 4.78 is 37.5. The molecule has 0 saturated carbocycles. The normalized spacial score (nSPS) is 11.7. The van der Waals surface area contributed by atoms with Crippen LogP contribution in [0, 0.1) is 5.82 Å². The number of nitrogens with one attached hydrogen (secondary N) is 1. The van der Waals surface area contributed by atoms with Gasteiger partial charge in [0, 0.05) is 17.7 Å². The number of hydrogen-bond acceptors (Lipinski definition) is 4. The Bertz CT molecular complexity index is 1000. The third-order valence-corrected chi connectivity index (χ3v) is 6.02. The fraction of sp³-hybridized carbons (Fsp3) is 0.167. The Morgan fingerprint density at radius 2 is 1.65 bits per heavy atom. The molecule has 0 saturated heterocycles. The van der Waals surface area contributed by atoms with E-state index in [1.54, 1.807) is 24.3 Å². The van der Waals surface area contributed by atoms with Crippen LogP contribution in [0.4, 0.5) is 4.39 Å². The first-order chi connectivity index (χ1) is 12.4. The van der Waals surface area contributed by atoms with E-state index in [-0.39, 0.29) is 34.6 Å². The topological polar surface area (TPSA) is 83.0 Å². The van der Waals surface area contributed by atoms with Gasteiger partial charge in [0.2, 0.25) is 0 Å². The molecule has 26 heavy (non-hydrogen) atoms. The van der Waals surface area contributed by atoms with Gasteiger partial charge in [-0.2, -0.15) is 5.10 Å². The molecule has 0 atom stereocenters. The molecule has 1 heterocycles. The Morgan fingerprint density at radius 3 is 2.27 bits per heavy atom. The Hall–Kier alpha value is -2.22. The molecule has 0 fully saturated rings. The van der Waals surface area contributed by atoms with Gasteiger partial charge in [-0.05, 0) is 36.2 Å². The van der Waals surface area contributed by atoms with Crippen LogP contribution in [0.2, 0.25) is 5.15 Å². The highest BCUT2D eigenvalue weighted by atomic mass is 35.5. The van der Waals surface area contributed by atoms with E-state index in [4.69, 9.17) is 16.7 Å². The highest BCUT2D eigenvalue weighted by Gasteiger charge is 2.18. The third kappa shape index (κ3) is 3.80. The number of rotatable bonds is 6. The predicted molar refractivity (Wildman–Crippen MR) is 98.2 cm³/mol. The molecule has 1 aromatic heterocycles. The maximum absolute atomic E-state index is 13.2. The van der Waals surface area contributed by atoms with Crippen LogP contribution in [0.25, 0.3) is 22.4 Å². The SMILES string of the molecule is O=S(=O)(CCCO)c1ccc(-c2[nH]nc(Cl)c2-c2ccc(F)cc2)cc1. The van der Waals surface area contributed by atoms with E-state index in [1.165, 1.54) is 24.3 Å². The first kappa shape index (κ1) is 18.6. The molecule has 5 nitrogen and oxygen atoms in total. The number of aliphatic hydroxyl groups is 1. The van der Waals surface area contributed by atoms with E-state index < -0.39 is 9.84 Å². The summed E-state index contributed by atoms with van der Waals surface area (Å²) in [4.78, 5) is 0.184. The van der Waals surface area contributed by atoms with Crippen LogP contribution in [0.5, 0.6) is 0 Å². The van der Waals surface area contributed by atoms with Gasteiger partial charge in [0.25, 0.3) is 0 Å². The van der Waals surface area contributed by atoms with Gasteiger partial charge >= 0.3 is 0 Å². The first-order valence-corrected chi connectivity index (χ1v) is 9.89. The minimum Gasteiger partial charge on any atom is -0.396 e. The average Bonchev–Trinajstić information content (AvgIpc) is 3.02. The molecule has 0 radical (unpaired) electrons. The Kier molecular flexibility index (Phi) is 5.41. The molecular weight excluding hydrogens is 379 g/mol. The lowest BCUT2D eigenvalue weighted by atomic mass is 10.0. The summed E-state index contributed by atoms with van der Waals surface area (Å²) in [6.07, 6.45) is 0.189. The van der Waals surface area contributed by atoms with Crippen molar-refractivity contribution in [1.29, 1.82) is 0 Å².